The highest BCUT2D eigenvalue weighted by Gasteiger charge is 2.20. The number of aliphatic carboxylic acids is 2. The van der Waals surface area contributed by atoms with Gasteiger partial charge in [0.05, 0.1) is 13.2 Å². The van der Waals surface area contributed by atoms with Gasteiger partial charge in [-0.25, -0.2) is 0 Å². The minimum Gasteiger partial charge on any atom is -0.481 e. The van der Waals surface area contributed by atoms with Crippen LogP contribution >= 0.6 is 48.0 Å². The summed E-state index contributed by atoms with van der Waals surface area (Å²) in [5.41, 5.74) is 0. The maximum atomic E-state index is 10.9. The smallest absolute Gasteiger partial charge is 0.303 e. The normalized spacial score (nSPS) is 12.8. The molecule has 0 heterocycles. The standard InChI is InChI=1S/C16H26O6S4/c1-3-21-15(23)25-11(7-9-13(17)18)5-6-12(8-10-14(19)20)26-16(24)22-4-2/h11-12H,3-10H2,1-2H3,(H,17,18)(H,19,20). The first-order chi connectivity index (χ1) is 12.3. The zero-order chi connectivity index (χ0) is 19.9. The predicted molar refractivity (Wildman–Crippen MR) is 114 cm³/mol. The van der Waals surface area contributed by atoms with Crippen LogP contribution in [-0.4, -0.2) is 54.6 Å². The van der Waals surface area contributed by atoms with Crippen molar-refractivity contribution in [1.29, 1.82) is 0 Å². The van der Waals surface area contributed by atoms with Gasteiger partial charge in [-0.15, -0.1) is 0 Å². The van der Waals surface area contributed by atoms with Crippen LogP contribution in [0, 0.1) is 0 Å². The topological polar surface area (TPSA) is 93.1 Å². The Bertz CT molecular complexity index is 430. The molecule has 0 saturated carbocycles. The third kappa shape index (κ3) is 14.6. The second-order valence-corrected chi connectivity index (χ2v) is 9.09. The van der Waals surface area contributed by atoms with Gasteiger partial charge < -0.3 is 19.7 Å². The monoisotopic (exact) mass is 442 g/mol. The van der Waals surface area contributed by atoms with E-state index in [2.05, 4.69) is 0 Å². The van der Waals surface area contributed by atoms with Crippen LogP contribution in [0.2, 0.25) is 0 Å². The lowest BCUT2D eigenvalue weighted by atomic mass is 10.1. The lowest BCUT2D eigenvalue weighted by Gasteiger charge is -2.20. The number of hydrogen-bond donors (Lipinski definition) is 2. The maximum absolute atomic E-state index is 10.9. The molecule has 0 bridgehead atoms. The molecule has 0 aromatic carbocycles. The Hall–Kier alpha value is -0.580. The van der Waals surface area contributed by atoms with Crippen LogP contribution in [0.3, 0.4) is 0 Å². The van der Waals surface area contributed by atoms with Crippen molar-refractivity contribution in [3.63, 3.8) is 0 Å². The molecule has 0 aromatic rings. The molecule has 2 unspecified atom stereocenters. The van der Waals surface area contributed by atoms with Crippen LogP contribution in [0.1, 0.15) is 52.4 Å². The Morgan fingerprint density at radius 2 is 1.15 bits per heavy atom. The van der Waals surface area contributed by atoms with Gasteiger partial charge in [0.2, 0.25) is 8.77 Å². The molecule has 0 aliphatic rings. The molecule has 0 aromatic heterocycles. The molecule has 26 heavy (non-hydrogen) atoms. The van der Waals surface area contributed by atoms with Gasteiger partial charge in [0, 0.05) is 23.3 Å². The molecule has 0 fully saturated rings. The zero-order valence-corrected chi connectivity index (χ0v) is 18.2. The van der Waals surface area contributed by atoms with E-state index in [4.69, 9.17) is 44.1 Å². The average molecular weight is 443 g/mol. The highest BCUT2D eigenvalue weighted by atomic mass is 32.2. The third-order valence-electron chi connectivity index (χ3n) is 3.22. The van der Waals surface area contributed by atoms with E-state index < -0.39 is 11.9 Å². The first-order valence-electron chi connectivity index (χ1n) is 8.38. The summed E-state index contributed by atoms with van der Waals surface area (Å²) in [5.74, 6) is -1.71. The molecule has 0 saturated heterocycles. The Morgan fingerprint density at radius 1 is 0.808 bits per heavy atom. The SMILES string of the molecule is CCOC(=S)SC(CCC(=O)O)CCC(CCC(=O)O)SC(=S)OCC. The summed E-state index contributed by atoms with van der Waals surface area (Å²) in [6.45, 7) is 4.62. The lowest BCUT2D eigenvalue weighted by molar-refractivity contribution is -0.138. The fourth-order valence-electron chi connectivity index (χ4n) is 2.04. The van der Waals surface area contributed by atoms with Crippen molar-refractivity contribution in [2.75, 3.05) is 13.2 Å². The molecule has 0 spiro atoms. The van der Waals surface area contributed by atoms with E-state index in [0.717, 1.165) is 0 Å². The van der Waals surface area contributed by atoms with Gasteiger partial charge in [-0.3, -0.25) is 9.59 Å². The summed E-state index contributed by atoms with van der Waals surface area (Å²) in [4.78, 5) is 21.7. The highest BCUT2D eigenvalue weighted by molar-refractivity contribution is 8.23. The first-order valence-corrected chi connectivity index (χ1v) is 11.0. The minimum absolute atomic E-state index is 0.00116. The number of carboxylic acid groups (broad SMARTS) is 2. The maximum Gasteiger partial charge on any atom is 0.303 e. The van der Waals surface area contributed by atoms with E-state index in [-0.39, 0.29) is 23.3 Å². The van der Waals surface area contributed by atoms with Gasteiger partial charge in [-0.2, -0.15) is 0 Å². The van der Waals surface area contributed by atoms with E-state index in [9.17, 15) is 9.59 Å². The summed E-state index contributed by atoms with van der Waals surface area (Å²) >= 11 is 13.0. The molecule has 0 aliphatic heterocycles. The molecule has 0 amide bonds. The molecule has 2 N–H and O–H groups in total. The van der Waals surface area contributed by atoms with E-state index >= 15 is 0 Å². The van der Waals surface area contributed by atoms with Crippen LogP contribution < -0.4 is 0 Å². The summed E-state index contributed by atoms with van der Waals surface area (Å²) in [6.07, 6.45) is 2.43. The summed E-state index contributed by atoms with van der Waals surface area (Å²) in [6, 6.07) is 0. The quantitative estimate of drug-likeness (QED) is 0.401. The van der Waals surface area contributed by atoms with E-state index in [1.807, 2.05) is 13.8 Å². The largest absolute Gasteiger partial charge is 0.481 e. The first kappa shape index (κ1) is 25.4. The van der Waals surface area contributed by atoms with E-state index in [1.165, 1.54) is 23.5 Å². The fourth-order valence-corrected chi connectivity index (χ4v) is 4.99. The summed E-state index contributed by atoms with van der Waals surface area (Å²) in [5, 5.41) is 17.8. The third-order valence-corrected chi connectivity index (χ3v) is 6.26. The number of carbonyl (C=O) groups is 2. The van der Waals surface area contributed by atoms with Crippen molar-refractivity contribution in [2.24, 2.45) is 0 Å². The molecular weight excluding hydrogens is 416 g/mol. The minimum atomic E-state index is -0.854. The Kier molecular flexibility index (Phi) is 15.1. The van der Waals surface area contributed by atoms with Crippen LogP contribution in [0.15, 0.2) is 0 Å². The summed E-state index contributed by atoms with van der Waals surface area (Å²) < 4.78 is 11.4. The van der Waals surface area contributed by atoms with Crippen LogP contribution in [-0.2, 0) is 19.1 Å². The second-order valence-electron chi connectivity index (χ2n) is 5.29. The molecule has 150 valence electrons. The van der Waals surface area contributed by atoms with Crippen molar-refractivity contribution in [3.05, 3.63) is 0 Å². The molecule has 0 aliphatic carbocycles. The van der Waals surface area contributed by atoms with Crippen molar-refractivity contribution in [2.45, 2.75) is 62.9 Å². The van der Waals surface area contributed by atoms with Gasteiger partial charge >= 0.3 is 11.9 Å². The average Bonchev–Trinajstić information content (AvgIpc) is 2.54. The van der Waals surface area contributed by atoms with Gasteiger partial charge in [0.25, 0.3) is 0 Å². The molecule has 6 nitrogen and oxygen atoms in total. The second kappa shape index (κ2) is 15.5. The van der Waals surface area contributed by atoms with Crippen molar-refractivity contribution < 1.29 is 29.3 Å². The van der Waals surface area contributed by atoms with E-state index in [1.54, 1.807) is 0 Å². The Morgan fingerprint density at radius 3 is 1.42 bits per heavy atom. The molecule has 2 atom stereocenters. The highest BCUT2D eigenvalue weighted by Crippen LogP contribution is 2.30. The fraction of sp³-hybridized carbons (Fsp3) is 0.750. The van der Waals surface area contributed by atoms with E-state index in [0.29, 0.717) is 47.7 Å². The molecular formula is C16H26O6S4. The van der Waals surface area contributed by atoms with Crippen LogP contribution in [0.25, 0.3) is 0 Å². The molecule has 0 radical (unpaired) electrons. The Labute approximate surface area is 173 Å². The molecule has 0 rings (SSSR count). The van der Waals surface area contributed by atoms with Crippen molar-refractivity contribution >= 4 is 68.7 Å². The van der Waals surface area contributed by atoms with Gasteiger partial charge in [-0.1, -0.05) is 23.5 Å². The number of rotatable bonds is 13. The van der Waals surface area contributed by atoms with Gasteiger partial charge in [0.15, 0.2) is 0 Å². The van der Waals surface area contributed by atoms with Crippen molar-refractivity contribution in [1.82, 2.24) is 0 Å². The number of carboxylic acids is 2. The van der Waals surface area contributed by atoms with Gasteiger partial charge in [0.1, 0.15) is 0 Å². The number of hydrogen-bond acceptors (Lipinski definition) is 8. The van der Waals surface area contributed by atoms with Crippen molar-refractivity contribution in [3.8, 4) is 0 Å². The zero-order valence-electron chi connectivity index (χ0n) is 15.0. The predicted octanol–water partition coefficient (Wildman–Crippen LogP) is 4.34. The lowest BCUT2D eigenvalue weighted by Crippen LogP contribution is -2.16. The summed E-state index contributed by atoms with van der Waals surface area (Å²) in [7, 11) is 0. The van der Waals surface area contributed by atoms with Crippen LogP contribution in [0.4, 0.5) is 0 Å². The van der Waals surface area contributed by atoms with Crippen LogP contribution in [0.5, 0.6) is 0 Å². The number of ether oxygens (including phenoxy) is 2. The molecule has 10 heteroatoms. The number of thioether (sulfide) groups is 2. The van der Waals surface area contributed by atoms with Gasteiger partial charge in [-0.05, 0) is 64.0 Å². The Balaban J connectivity index is 4.74. The number of thiocarbonyl (C=S) groups is 2.